The van der Waals surface area contributed by atoms with Crippen LogP contribution in [0.5, 0.6) is 11.5 Å². The van der Waals surface area contributed by atoms with Gasteiger partial charge in [-0.3, -0.25) is 9.59 Å². The summed E-state index contributed by atoms with van der Waals surface area (Å²) in [6, 6.07) is 2.27. The number of carbonyl (C=O) groups excluding carboxylic acids is 2. The molecule has 7 aliphatic rings. The maximum absolute atomic E-state index is 14.5. The van der Waals surface area contributed by atoms with E-state index in [1.54, 1.807) is 0 Å². The van der Waals surface area contributed by atoms with Crippen LogP contribution in [0, 0.1) is 46.8 Å². The third-order valence-corrected chi connectivity index (χ3v) is 16.5. The number of benzene rings is 1. The predicted molar refractivity (Wildman–Crippen MR) is 183 cm³/mol. The van der Waals surface area contributed by atoms with E-state index in [1.165, 1.54) is 16.7 Å². The van der Waals surface area contributed by atoms with Gasteiger partial charge in [0.15, 0.2) is 28.5 Å². The lowest BCUT2D eigenvalue weighted by molar-refractivity contribution is -0.196. The van der Waals surface area contributed by atoms with E-state index in [1.807, 2.05) is 0 Å². The molecule has 0 saturated heterocycles. The van der Waals surface area contributed by atoms with Crippen molar-refractivity contribution in [3.05, 3.63) is 46.6 Å². The highest BCUT2D eigenvalue weighted by Crippen LogP contribution is 2.74. The maximum atomic E-state index is 14.5. The summed E-state index contributed by atoms with van der Waals surface area (Å²) in [7, 11) is 0. The molecule has 0 amide bonds. The Morgan fingerprint density at radius 3 is 2.39 bits per heavy atom. The fourth-order valence-corrected chi connectivity index (χ4v) is 13.4. The molecular formula is C42H56O4. The summed E-state index contributed by atoms with van der Waals surface area (Å²) in [4.78, 5) is 27.2. The van der Waals surface area contributed by atoms with Crippen molar-refractivity contribution in [2.24, 2.45) is 39.9 Å². The molecular weight excluding hydrogens is 568 g/mol. The number of rotatable bonds is 1. The molecule has 6 aliphatic carbocycles. The Kier molecular flexibility index (Phi) is 6.33. The minimum atomic E-state index is -0.525. The molecule has 1 aliphatic heterocycles. The third kappa shape index (κ3) is 3.53. The van der Waals surface area contributed by atoms with Crippen LogP contribution in [0.2, 0.25) is 0 Å². The Morgan fingerprint density at radius 1 is 0.935 bits per heavy atom. The number of carbonyl (C=O) groups is 2. The van der Waals surface area contributed by atoms with Crippen LogP contribution in [-0.2, 0) is 10.2 Å². The Labute approximate surface area is 277 Å². The molecule has 0 spiro atoms. The lowest BCUT2D eigenvalue weighted by Crippen LogP contribution is -2.65. The summed E-state index contributed by atoms with van der Waals surface area (Å²) in [5.41, 5.74) is 4.73. The summed E-state index contributed by atoms with van der Waals surface area (Å²) in [5, 5.41) is 0. The first kappa shape index (κ1) is 30.9. The highest BCUT2D eigenvalue weighted by atomic mass is 16.6. The van der Waals surface area contributed by atoms with Gasteiger partial charge >= 0.3 is 0 Å². The third-order valence-electron chi connectivity index (χ3n) is 16.5. The standard InChI is InChI=1S/C42H56O4/c1-24(2)28-11-10-25(3)41-15-14-26(4)42(41,22-28)45-32-20-30-35(27(5)36(32)46-41)31(44)21-34-38(30,7)17-19-39(8)33-13-12-29(43)23-37(33,6)16-18-40(34,39)9/h14,20,25,28,33-34H,1,10-13,15-19,21-23H2,2-9H3/t25-,28-,33-,34+,37-,38-,39-,40+,41+,42+/m0/s1. The second-order valence-corrected chi connectivity index (χ2v) is 18.4. The molecule has 4 fully saturated rings. The highest BCUT2D eigenvalue weighted by molar-refractivity contribution is 6.02. The highest BCUT2D eigenvalue weighted by Gasteiger charge is 2.69. The van der Waals surface area contributed by atoms with Crippen LogP contribution in [0.25, 0.3) is 0 Å². The van der Waals surface area contributed by atoms with E-state index in [0.29, 0.717) is 30.0 Å². The van der Waals surface area contributed by atoms with Gasteiger partial charge in [0.1, 0.15) is 5.78 Å². The van der Waals surface area contributed by atoms with Crippen LogP contribution in [0.4, 0.5) is 0 Å². The Morgan fingerprint density at radius 2 is 1.65 bits per heavy atom. The van der Waals surface area contributed by atoms with Gasteiger partial charge in [-0.15, -0.1) is 0 Å². The second-order valence-electron chi connectivity index (χ2n) is 18.4. The molecule has 46 heavy (non-hydrogen) atoms. The first-order valence-corrected chi connectivity index (χ1v) is 18.5. The summed E-state index contributed by atoms with van der Waals surface area (Å²) in [6.07, 6.45) is 13.7. The van der Waals surface area contributed by atoms with Gasteiger partial charge in [0.2, 0.25) is 0 Å². The lowest BCUT2D eigenvalue weighted by atomic mass is 9.33. The van der Waals surface area contributed by atoms with Crippen molar-refractivity contribution in [1.29, 1.82) is 0 Å². The summed E-state index contributed by atoms with van der Waals surface area (Å²) in [5.74, 6) is 3.87. The van der Waals surface area contributed by atoms with Gasteiger partial charge in [-0.25, -0.2) is 0 Å². The molecule has 0 unspecified atom stereocenters. The fourth-order valence-electron chi connectivity index (χ4n) is 13.4. The van der Waals surface area contributed by atoms with Crippen LogP contribution in [-0.4, -0.2) is 22.8 Å². The van der Waals surface area contributed by atoms with Gasteiger partial charge < -0.3 is 9.47 Å². The number of ketones is 2. The van der Waals surface area contributed by atoms with Crippen LogP contribution < -0.4 is 9.47 Å². The number of ether oxygens (including phenoxy) is 2. The van der Waals surface area contributed by atoms with Gasteiger partial charge in [0.25, 0.3) is 0 Å². The molecule has 0 aromatic heterocycles. The topological polar surface area (TPSA) is 52.6 Å². The van der Waals surface area contributed by atoms with Gasteiger partial charge in [0, 0.05) is 49.1 Å². The van der Waals surface area contributed by atoms with E-state index in [9.17, 15) is 9.59 Å². The maximum Gasteiger partial charge on any atom is 0.170 e. The molecule has 4 saturated carbocycles. The lowest BCUT2D eigenvalue weighted by Gasteiger charge is -2.70. The Balaban J connectivity index is 1.25. The van der Waals surface area contributed by atoms with Crippen molar-refractivity contribution in [3.8, 4) is 11.5 Å². The van der Waals surface area contributed by atoms with Gasteiger partial charge in [0.05, 0.1) is 0 Å². The van der Waals surface area contributed by atoms with E-state index in [4.69, 9.17) is 9.47 Å². The monoisotopic (exact) mass is 624 g/mol. The molecule has 0 bridgehead atoms. The van der Waals surface area contributed by atoms with Crippen molar-refractivity contribution >= 4 is 11.6 Å². The van der Waals surface area contributed by atoms with Crippen molar-refractivity contribution < 1.29 is 19.1 Å². The molecule has 1 aromatic rings. The summed E-state index contributed by atoms with van der Waals surface area (Å²) in [6.45, 7) is 23.2. The number of allylic oxidation sites excluding steroid dienone is 1. The zero-order valence-electron chi connectivity index (χ0n) is 29.8. The first-order chi connectivity index (χ1) is 21.6. The van der Waals surface area contributed by atoms with E-state index in [-0.39, 0.29) is 33.4 Å². The van der Waals surface area contributed by atoms with E-state index < -0.39 is 11.2 Å². The number of Topliss-reactive ketones (excluding diaryl/α,β-unsaturated/α-hetero) is 2. The number of fused-ring (bicyclic) bond motifs is 8. The molecule has 4 nitrogen and oxygen atoms in total. The Bertz CT molecular complexity index is 1620. The second kappa shape index (κ2) is 9.41. The molecule has 0 N–H and O–H groups in total. The van der Waals surface area contributed by atoms with Crippen molar-refractivity contribution in [1.82, 2.24) is 0 Å². The minimum absolute atomic E-state index is 0.0309. The van der Waals surface area contributed by atoms with Crippen molar-refractivity contribution in [2.75, 3.05) is 0 Å². The normalized spacial score (nSPS) is 47.3. The molecule has 10 atom stereocenters. The van der Waals surface area contributed by atoms with Crippen LogP contribution in [0.15, 0.2) is 29.9 Å². The Hall–Kier alpha value is -2.36. The number of hydrogen-bond acceptors (Lipinski definition) is 4. The summed E-state index contributed by atoms with van der Waals surface area (Å²) >= 11 is 0. The van der Waals surface area contributed by atoms with Gasteiger partial charge in [-0.2, -0.15) is 0 Å². The van der Waals surface area contributed by atoms with Crippen LogP contribution in [0.1, 0.15) is 147 Å². The van der Waals surface area contributed by atoms with Crippen molar-refractivity contribution in [2.45, 2.75) is 149 Å². The fraction of sp³-hybridized carbons (Fsp3) is 0.714. The van der Waals surface area contributed by atoms with Gasteiger partial charge in [-0.1, -0.05) is 52.8 Å². The zero-order chi connectivity index (χ0) is 32.8. The largest absolute Gasteiger partial charge is 0.478 e. The van der Waals surface area contributed by atoms with Crippen LogP contribution in [0.3, 0.4) is 0 Å². The molecule has 1 heterocycles. The minimum Gasteiger partial charge on any atom is -0.478 e. The average molecular weight is 625 g/mol. The smallest absolute Gasteiger partial charge is 0.170 e. The predicted octanol–water partition coefficient (Wildman–Crippen LogP) is 10.0. The molecule has 1 aromatic carbocycles. The van der Waals surface area contributed by atoms with Gasteiger partial charge in [-0.05, 0) is 122 Å². The SMILES string of the molecule is C=C(C)[C@H]1CC[C@H](C)[C@]23CC=C(C)[C@@]2(C1)Oc1cc2c(c(C)c1O3)C(=O)C[C@@H]1[C@@]2(C)CC[C@@]2(C)[C@H]3CCC(=O)C[C@]3(C)CC[C@]12C. The van der Waals surface area contributed by atoms with E-state index >= 15 is 0 Å². The van der Waals surface area contributed by atoms with Crippen LogP contribution >= 0.6 is 0 Å². The quantitative estimate of drug-likeness (QED) is 0.292. The molecule has 248 valence electrons. The molecule has 0 radical (unpaired) electrons. The zero-order valence-corrected chi connectivity index (χ0v) is 29.8. The van der Waals surface area contributed by atoms with Crippen molar-refractivity contribution in [3.63, 3.8) is 0 Å². The van der Waals surface area contributed by atoms with E-state index in [0.717, 1.165) is 93.3 Å². The first-order valence-electron chi connectivity index (χ1n) is 18.5. The average Bonchev–Trinajstić information content (AvgIpc) is 3.20. The van der Waals surface area contributed by atoms with E-state index in [2.05, 4.69) is 74.1 Å². The molecule has 8 rings (SSSR count). The summed E-state index contributed by atoms with van der Waals surface area (Å²) < 4.78 is 14.8. The number of hydrogen-bond donors (Lipinski definition) is 0. The molecule has 4 heteroatoms.